The van der Waals surface area contributed by atoms with Crippen LogP contribution in [0, 0.1) is 5.92 Å². The van der Waals surface area contributed by atoms with Gasteiger partial charge in [-0.05, 0) is 24.3 Å². The number of rotatable bonds is 7. The van der Waals surface area contributed by atoms with Gasteiger partial charge in [-0.2, -0.15) is 0 Å². The quantitative estimate of drug-likeness (QED) is 0.666. The highest BCUT2D eigenvalue weighted by atomic mass is 32.1. The van der Waals surface area contributed by atoms with Gasteiger partial charge < -0.3 is 20.7 Å². The van der Waals surface area contributed by atoms with Crippen molar-refractivity contribution in [3.8, 4) is 0 Å². The lowest BCUT2D eigenvalue weighted by Gasteiger charge is -2.25. The lowest BCUT2D eigenvalue weighted by atomic mass is 10.0. The Bertz CT molecular complexity index is 581. The Hall–Kier alpha value is -1.86. The minimum Gasteiger partial charge on any atom is -0.463 e. The van der Waals surface area contributed by atoms with Gasteiger partial charge in [0.2, 0.25) is 0 Å². The van der Waals surface area contributed by atoms with Crippen molar-refractivity contribution < 1.29 is 14.3 Å². The van der Waals surface area contributed by atoms with Gasteiger partial charge in [-0.15, -0.1) is 11.3 Å². The molecular formula is C16H23N3O3S. The van der Waals surface area contributed by atoms with E-state index in [0.717, 1.165) is 0 Å². The van der Waals surface area contributed by atoms with Crippen molar-refractivity contribution in [3.05, 3.63) is 33.7 Å². The topological polar surface area (TPSA) is 79.5 Å². The molecule has 23 heavy (non-hydrogen) atoms. The maximum Gasteiger partial charge on any atom is 0.337 e. The van der Waals surface area contributed by atoms with Crippen molar-refractivity contribution in [2.24, 2.45) is 5.92 Å². The van der Waals surface area contributed by atoms with Crippen LogP contribution in [0.25, 0.3) is 0 Å². The van der Waals surface area contributed by atoms with E-state index in [0.29, 0.717) is 30.3 Å². The van der Waals surface area contributed by atoms with E-state index in [1.807, 2.05) is 11.4 Å². The Morgan fingerprint density at radius 2 is 2.26 bits per heavy atom. The summed E-state index contributed by atoms with van der Waals surface area (Å²) in [6.07, 6.45) is 0. The van der Waals surface area contributed by atoms with Gasteiger partial charge in [-0.3, -0.25) is 0 Å². The smallest absolute Gasteiger partial charge is 0.337 e. The molecule has 7 heteroatoms. The molecule has 3 N–H and O–H groups in total. The molecule has 0 aliphatic carbocycles. The molecule has 1 aliphatic heterocycles. The number of carbonyl (C=O) groups is 2. The molecule has 0 aromatic carbocycles. The summed E-state index contributed by atoms with van der Waals surface area (Å²) in [4.78, 5) is 24.8. The summed E-state index contributed by atoms with van der Waals surface area (Å²) >= 11 is 1.69. The molecule has 2 rings (SSSR count). The summed E-state index contributed by atoms with van der Waals surface area (Å²) in [6, 6.07) is 3.97. The Morgan fingerprint density at radius 1 is 1.48 bits per heavy atom. The van der Waals surface area contributed by atoms with Gasteiger partial charge >= 0.3 is 12.0 Å². The molecule has 0 unspecified atom stereocenters. The number of ether oxygens (including phenoxy) is 1. The van der Waals surface area contributed by atoms with Crippen molar-refractivity contribution in [1.82, 2.24) is 16.0 Å². The summed E-state index contributed by atoms with van der Waals surface area (Å²) in [5, 5.41) is 10.8. The van der Waals surface area contributed by atoms with Crippen LogP contribution < -0.4 is 16.0 Å². The summed E-state index contributed by atoms with van der Waals surface area (Å²) in [7, 11) is 0. The van der Waals surface area contributed by atoms with Crippen LogP contribution in [0.1, 0.15) is 31.7 Å². The molecule has 1 aliphatic rings. The number of carbonyl (C=O) groups excluding carboxylic acids is 2. The third-order valence-electron chi connectivity index (χ3n) is 3.59. The Balaban J connectivity index is 2.13. The Morgan fingerprint density at radius 3 is 2.87 bits per heavy atom. The van der Waals surface area contributed by atoms with Gasteiger partial charge in [-0.1, -0.05) is 19.9 Å². The van der Waals surface area contributed by atoms with Crippen LogP contribution in [0.5, 0.6) is 0 Å². The fourth-order valence-electron chi connectivity index (χ4n) is 2.44. The molecular weight excluding hydrogens is 314 g/mol. The molecule has 0 bridgehead atoms. The van der Waals surface area contributed by atoms with Gasteiger partial charge in [-0.25, -0.2) is 9.59 Å². The normalized spacial score (nSPS) is 16.1. The molecule has 1 aromatic heterocycles. The molecule has 0 spiro atoms. The molecule has 1 aromatic rings. The van der Waals surface area contributed by atoms with E-state index in [-0.39, 0.29) is 18.6 Å². The number of esters is 1. The van der Waals surface area contributed by atoms with Gasteiger partial charge in [0.15, 0.2) is 0 Å². The molecule has 6 nitrogen and oxygen atoms in total. The van der Waals surface area contributed by atoms with E-state index in [1.54, 1.807) is 18.3 Å². The first-order chi connectivity index (χ1) is 11.0. The number of urea groups is 1. The standard InChI is InChI=1S/C16H23N3O3S/c1-4-22-15(20)11-8-18-16(21)19-12(11)9-17-14(10(2)3)13-6-5-7-23-13/h5-7,10,14,17H,4,8-9H2,1-3H3,(H2,18,19,21)/t14-/m0/s1. The van der Waals surface area contributed by atoms with E-state index >= 15 is 0 Å². The first-order valence-electron chi connectivity index (χ1n) is 7.73. The third-order valence-corrected chi connectivity index (χ3v) is 4.55. The first kappa shape index (κ1) is 17.5. The predicted molar refractivity (Wildman–Crippen MR) is 90.1 cm³/mol. The number of hydrogen-bond donors (Lipinski definition) is 3. The largest absolute Gasteiger partial charge is 0.463 e. The molecule has 0 radical (unpaired) electrons. The highest BCUT2D eigenvalue weighted by Gasteiger charge is 2.25. The monoisotopic (exact) mass is 337 g/mol. The lowest BCUT2D eigenvalue weighted by molar-refractivity contribution is -0.138. The fourth-order valence-corrected chi connectivity index (χ4v) is 3.42. The van der Waals surface area contributed by atoms with Crippen molar-refractivity contribution >= 4 is 23.3 Å². The van der Waals surface area contributed by atoms with Gasteiger partial charge in [0.1, 0.15) is 0 Å². The van der Waals surface area contributed by atoms with E-state index in [4.69, 9.17) is 4.74 Å². The zero-order chi connectivity index (χ0) is 16.8. The zero-order valence-electron chi connectivity index (χ0n) is 13.6. The Labute approximate surface area is 140 Å². The molecule has 126 valence electrons. The second kappa shape index (κ2) is 8.12. The van der Waals surface area contributed by atoms with Gasteiger partial charge in [0.25, 0.3) is 0 Å². The Kier molecular flexibility index (Phi) is 6.18. The predicted octanol–water partition coefficient (Wildman–Crippen LogP) is 2.16. The van der Waals surface area contributed by atoms with E-state index < -0.39 is 5.97 Å². The SMILES string of the molecule is CCOC(=O)C1=C(CN[C@H](c2cccs2)C(C)C)NC(=O)NC1. The van der Waals surface area contributed by atoms with Crippen LogP contribution in [0.4, 0.5) is 4.79 Å². The minimum absolute atomic E-state index is 0.165. The summed E-state index contributed by atoms with van der Waals surface area (Å²) in [5.74, 6) is -0.00766. The lowest BCUT2D eigenvalue weighted by Crippen LogP contribution is -2.46. The highest BCUT2D eigenvalue weighted by molar-refractivity contribution is 7.10. The van der Waals surface area contributed by atoms with Crippen LogP contribution in [0.2, 0.25) is 0 Å². The van der Waals surface area contributed by atoms with E-state index in [2.05, 4.69) is 35.9 Å². The molecule has 1 atom stereocenters. The van der Waals surface area contributed by atoms with Crippen molar-refractivity contribution in [3.63, 3.8) is 0 Å². The third kappa shape index (κ3) is 4.56. The fraction of sp³-hybridized carbons (Fsp3) is 0.500. The summed E-state index contributed by atoms with van der Waals surface area (Å²) < 4.78 is 5.06. The summed E-state index contributed by atoms with van der Waals surface area (Å²) in [5.41, 5.74) is 1.04. The second-order valence-electron chi connectivity index (χ2n) is 5.60. The number of nitrogens with one attached hydrogen (secondary N) is 3. The minimum atomic E-state index is -0.394. The van der Waals surface area contributed by atoms with Crippen molar-refractivity contribution in [2.45, 2.75) is 26.8 Å². The van der Waals surface area contributed by atoms with E-state index in [1.165, 1.54) is 4.88 Å². The maximum absolute atomic E-state index is 12.0. The molecule has 2 heterocycles. The van der Waals surface area contributed by atoms with Gasteiger partial charge in [0.05, 0.1) is 18.7 Å². The maximum atomic E-state index is 12.0. The number of thiophene rings is 1. The van der Waals surface area contributed by atoms with Crippen LogP contribution in [0.15, 0.2) is 28.8 Å². The van der Waals surface area contributed by atoms with E-state index in [9.17, 15) is 9.59 Å². The van der Waals surface area contributed by atoms with Crippen molar-refractivity contribution in [1.29, 1.82) is 0 Å². The summed E-state index contributed by atoms with van der Waals surface area (Å²) in [6.45, 7) is 6.94. The molecule has 0 saturated carbocycles. The molecule has 0 saturated heterocycles. The van der Waals surface area contributed by atoms with Crippen LogP contribution in [-0.2, 0) is 9.53 Å². The first-order valence-corrected chi connectivity index (χ1v) is 8.61. The zero-order valence-corrected chi connectivity index (χ0v) is 14.5. The second-order valence-corrected chi connectivity index (χ2v) is 6.58. The van der Waals surface area contributed by atoms with Crippen LogP contribution >= 0.6 is 11.3 Å². The molecule has 0 fully saturated rings. The average Bonchev–Trinajstić information content (AvgIpc) is 3.01. The van der Waals surface area contributed by atoms with Crippen LogP contribution in [0.3, 0.4) is 0 Å². The van der Waals surface area contributed by atoms with Crippen LogP contribution in [-0.4, -0.2) is 31.7 Å². The van der Waals surface area contributed by atoms with Crippen molar-refractivity contribution in [2.75, 3.05) is 19.7 Å². The molecule has 2 amide bonds. The number of amides is 2. The number of hydrogen-bond acceptors (Lipinski definition) is 5. The average molecular weight is 337 g/mol. The van der Waals surface area contributed by atoms with Gasteiger partial charge in [0, 0.05) is 23.2 Å². The highest BCUT2D eigenvalue weighted by Crippen LogP contribution is 2.26.